The SMILES string of the molecule is Cc1cc(C)n2nc(SCc3ccccc3C(=O)NCC(O)c3ccccc3)nc2n1. The largest absolute Gasteiger partial charge is 0.387 e. The normalized spacial score (nSPS) is 12.1. The zero-order valence-electron chi connectivity index (χ0n) is 17.3. The van der Waals surface area contributed by atoms with Crippen LogP contribution in [0.15, 0.2) is 65.8 Å². The van der Waals surface area contributed by atoms with Gasteiger partial charge in [-0.1, -0.05) is 60.3 Å². The lowest BCUT2D eigenvalue weighted by molar-refractivity contribution is 0.0915. The number of amides is 1. The molecule has 4 rings (SSSR count). The van der Waals surface area contributed by atoms with Gasteiger partial charge in [0.1, 0.15) is 0 Å². The van der Waals surface area contributed by atoms with Gasteiger partial charge < -0.3 is 10.4 Å². The van der Waals surface area contributed by atoms with Crippen LogP contribution in [-0.4, -0.2) is 37.1 Å². The Morgan fingerprint density at radius 2 is 1.84 bits per heavy atom. The molecule has 0 aliphatic heterocycles. The molecule has 1 amide bonds. The highest BCUT2D eigenvalue weighted by Crippen LogP contribution is 2.23. The third-order valence-corrected chi connectivity index (χ3v) is 5.74. The fraction of sp³-hybridized carbons (Fsp3) is 0.217. The molecule has 4 aromatic rings. The second kappa shape index (κ2) is 9.28. The molecule has 0 aliphatic carbocycles. The fourth-order valence-electron chi connectivity index (χ4n) is 3.30. The zero-order valence-corrected chi connectivity index (χ0v) is 18.1. The Bertz CT molecular complexity index is 1210. The predicted octanol–water partition coefficient (Wildman–Crippen LogP) is 3.50. The number of aryl methyl sites for hydroxylation is 2. The number of nitrogens with zero attached hydrogens (tertiary/aromatic N) is 4. The van der Waals surface area contributed by atoms with Gasteiger partial charge in [0.05, 0.1) is 6.10 Å². The van der Waals surface area contributed by atoms with E-state index in [1.807, 2.05) is 68.4 Å². The summed E-state index contributed by atoms with van der Waals surface area (Å²) < 4.78 is 1.72. The number of aliphatic hydroxyl groups excluding tert-OH is 1. The first kappa shape index (κ1) is 21.0. The summed E-state index contributed by atoms with van der Waals surface area (Å²) in [7, 11) is 0. The molecule has 0 fully saturated rings. The van der Waals surface area contributed by atoms with Crippen molar-refractivity contribution in [3.63, 3.8) is 0 Å². The fourth-order valence-corrected chi connectivity index (χ4v) is 4.12. The minimum Gasteiger partial charge on any atom is -0.387 e. The minimum atomic E-state index is -0.756. The molecular weight excluding hydrogens is 410 g/mol. The number of thioether (sulfide) groups is 1. The molecule has 31 heavy (non-hydrogen) atoms. The molecule has 2 N–H and O–H groups in total. The van der Waals surface area contributed by atoms with E-state index in [1.54, 1.807) is 10.6 Å². The van der Waals surface area contributed by atoms with Crippen LogP contribution in [0.4, 0.5) is 0 Å². The third-order valence-electron chi connectivity index (χ3n) is 4.86. The van der Waals surface area contributed by atoms with Crippen molar-refractivity contribution in [1.29, 1.82) is 0 Å². The van der Waals surface area contributed by atoms with Crippen LogP contribution in [0.3, 0.4) is 0 Å². The maximum atomic E-state index is 12.8. The van der Waals surface area contributed by atoms with Gasteiger partial charge in [0, 0.05) is 29.2 Å². The van der Waals surface area contributed by atoms with E-state index < -0.39 is 6.10 Å². The van der Waals surface area contributed by atoms with Crippen LogP contribution in [-0.2, 0) is 5.75 Å². The molecular formula is C23H23N5O2S. The molecule has 0 saturated carbocycles. The number of carbonyl (C=O) groups is 1. The van der Waals surface area contributed by atoms with Gasteiger partial charge in [-0.05, 0) is 37.1 Å². The van der Waals surface area contributed by atoms with Crippen LogP contribution in [0, 0.1) is 13.8 Å². The topological polar surface area (TPSA) is 92.4 Å². The van der Waals surface area contributed by atoms with Crippen LogP contribution in [0.25, 0.3) is 5.78 Å². The van der Waals surface area contributed by atoms with E-state index in [9.17, 15) is 9.90 Å². The van der Waals surface area contributed by atoms with Crippen molar-refractivity contribution in [3.8, 4) is 0 Å². The Hall–Kier alpha value is -3.23. The molecule has 0 spiro atoms. The van der Waals surface area contributed by atoms with E-state index in [4.69, 9.17) is 0 Å². The number of aliphatic hydroxyl groups is 1. The number of fused-ring (bicyclic) bond motifs is 1. The molecule has 0 saturated heterocycles. The van der Waals surface area contributed by atoms with Crippen LogP contribution in [0.1, 0.15) is 39.0 Å². The van der Waals surface area contributed by atoms with E-state index in [2.05, 4.69) is 20.4 Å². The summed E-state index contributed by atoms with van der Waals surface area (Å²) >= 11 is 1.45. The third kappa shape index (κ3) is 4.92. The highest BCUT2D eigenvalue weighted by Gasteiger charge is 2.15. The Morgan fingerprint density at radius 3 is 2.65 bits per heavy atom. The van der Waals surface area contributed by atoms with Gasteiger partial charge in [0.25, 0.3) is 11.7 Å². The van der Waals surface area contributed by atoms with E-state index in [0.29, 0.717) is 22.3 Å². The summed E-state index contributed by atoms with van der Waals surface area (Å²) in [6, 6.07) is 18.7. The number of carbonyl (C=O) groups excluding carboxylic acids is 1. The van der Waals surface area contributed by atoms with Crippen LogP contribution >= 0.6 is 11.8 Å². The van der Waals surface area contributed by atoms with Crippen molar-refractivity contribution < 1.29 is 9.90 Å². The summed E-state index contributed by atoms with van der Waals surface area (Å²) in [6.07, 6.45) is -0.756. The minimum absolute atomic E-state index is 0.141. The van der Waals surface area contributed by atoms with Crippen molar-refractivity contribution in [2.75, 3.05) is 6.54 Å². The lowest BCUT2D eigenvalue weighted by atomic mass is 10.1. The maximum Gasteiger partial charge on any atom is 0.253 e. The van der Waals surface area contributed by atoms with Gasteiger partial charge in [0.2, 0.25) is 5.16 Å². The van der Waals surface area contributed by atoms with Crippen LogP contribution in [0.5, 0.6) is 0 Å². The second-order valence-corrected chi connectivity index (χ2v) is 8.17. The average Bonchev–Trinajstić information content (AvgIpc) is 3.20. The molecule has 7 nitrogen and oxygen atoms in total. The Balaban J connectivity index is 1.43. The van der Waals surface area contributed by atoms with Crippen molar-refractivity contribution in [1.82, 2.24) is 24.9 Å². The first-order chi connectivity index (χ1) is 15.0. The Kier molecular flexibility index (Phi) is 6.29. The molecule has 0 bridgehead atoms. The lowest BCUT2D eigenvalue weighted by Crippen LogP contribution is -2.29. The van der Waals surface area contributed by atoms with Gasteiger partial charge in [0.15, 0.2) is 0 Å². The number of nitrogens with one attached hydrogen (secondary N) is 1. The Morgan fingerprint density at radius 1 is 1.10 bits per heavy atom. The average molecular weight is 434 g/mol. The van der Waals surface area contributed by atoms with Crippen LogP contribution in [0.2, 0.25) is 0 Å². The van der Waals surface area contributed by atoms with E-state index >= 15 is 0 Å². The molecule has 1 unspecified atom stereocenters. The zero-order chi connectivity index (χ0) is 21.8. The van der Waals surface area contributed by atoms with Crippen LogP contribution < -0.4 is 5.32 Å². The smallest absolute Gasteiger partial charge is 0.253 e. The highest BCUT2D eigenvalue weighted by atomic mass is 32.2. The number of hydrogen-bond acceptors (Lipinski definition) is 6. The van der Waals surface area contributed by atoms with Gasteiger partial charge in [-0.25, -0.2) is 9.50 Å². The summed E-state index contributed by atoms with van der Waals surface area (Å²) in [5, 5.41) is 18.2. The molecule has 8 heteroatoms. The van der Waals surface area contributed by atoms with Crippen molar-refractivity contribution in [2.24, 2.45) is 0 Å². The van der Waals surface area contributed by atoms with E-state index in [1.165, 1.54) is 11.8 Å². The predicted molar refractivity (Wildman–Crippen MR) is 120 cm³/mol. The summed E-state index contributed by atoms with van der Waals surface area (Å²) in [5.74, 6) is 0.892. The first-order valence-corrected chi connectivity index (χ1v) is 10.9. The molecule has 158 valence electrons. The van der Waals surface area contributed by atoms with Crippen molar-refractivity contribution in [3.05, 3.63) is 88.7 Å². The van der Waals surface area contributed by atoms with Gasteiger partial charge in [-0.3, -0.25) is 4.79 Å². The Labute approximate surface area is 184 Å². The summed E-state index contributed by atoms with van der Waals surface area (Å²) in [6.45, 7) is 4.04. The molecule has 1 atom stereocenters. The number of benzene rings is 2. The molecule has 2 aromatic carbocycles. The van der Waals surface area contributed by atoms with Crippen molar-refractivity contribution in [2.45, 2.75) is 30.9 Å². The molecule has 2 aromatic heterocycles. The highest BCUT2D eigenvalue weighted by molar-refractivity contribution is 7.98. The van der Waals surface area contributed by atoms with Gasteiger partial charge >= 0.3 is 0 Å². The van der Waals surface area contributed by atoms with Crippen molar-refractivity contribution >= 4 is 23.4 Å². The van der Waals surface area contributed by atoms with Gasteiger partial charge in [-0.15, -0.1) is 5.10 Å². The molecule has 2 heterocycles. The second-order valence-electron chi connectivity index (χ2n) is 7.23. The molecule has 0 aliphatic rings. The summed E-state index contributed by atoms with van der Waals surface area (Å²) in [4.78, 5) is 21.7. The summed E-state index contributed by atoms with van der Waals surface area (Å²) in [5.41, 5.74) is 4.08. The lowest BCUT2D eigenvalue weighted by Gasteiger charge is -2.13. The number of hydrogen-bond donors (Lipinski definition) is 2. The monoisotopic (exact) mass is 433 g/mol. The maximum absolute atomic E-state index is 12.8. The number of aromatic nitrogens is 4. The van der Waals surface area contributed by atoms with E-state index in [0.717, 1.165) is 22.5 Å². The van der Waals surface area contributed by atoms with E-state index in [-0.39, 0.29) is 12.5 Å². The quantitative estimate of drug-likeness (QED) is 0.434. The van der Waals surface area contributed by atoms with Gasteiger partial charge in [-0.2, -0.15) is 4.98 Å². The first-order valence-electron chi connectivity index (χ1n) is 9.94. The number of rotatable bonds is 7. The molecule has 0 radical (unpaired) electrons. The standard InChI is InChI=1S/C23H23N5O2S/c1-15-12-16(2)28-22(25-15)26-23(27-28)31-14-18-10-6-7-11-19(18)21(30)24-13-20(29)17-8-4-3-5-9-17/h3-12,20,29H,13-14H2,1-2H3,(H,24,30).